The summed E-state index contributed by atoms with van der Waals surface area (Å²) in [6, 6.07) is 5.27. The van der Waals surface area contributed by atoms with Crippen LogP contribution >= 0.6 is 0 Å². The molecular formula is C22H32N4O4. The largest absolute Gasteiger partial charge is 0.383 e. The van der Waals surface area contributed by atoms with Crippen LogP contribution in [0.1, 0.15) is 43.5 Å². The van der Waals surface area contributed by atoms with Crippen LogP contribution in [0.15, 0.2) is 18.2 Å². The lowest BCUT2D eigenvalue weighted by Crippen LogP contribution is -2.57. The van der Waals surface area contributed by atoms with E-state index < -0.39 is 0 Å². The van der Waals surface area contributed by atoms with Gasteiger partial charge in [0.25, 0.3) is 5.91 Å². The quantitative estimate of drug-likeness (QED) is 0.652. The number of ether oxygens (including phenoxy) is 1. The second-order valence-corrected chi connectivity index (χ2v) is 7.65. The third-order valence-corrected chi connectivity index (χ3v) is 5.86. The number of carbonyl (C=O) groups is 3. The summed E-state index contributed by atoms with van der Waals surface area (Å²) in [5.41, 5.74) is 2.09. The van der Waals surface area contributed by atoms with Crippen LogP contribution in [0.2, 0.25) is 0 Å². The normalized spacial score (nSPS) is 18.0. The van der Waals surface area contributed by atoms with Crippen LogP contribution < -0.4 is 15.1 Å². The van der Waals surface area contributed by atoms with Crippen LogP contribution in [-0.4, -0.2) is 75.1 Å². The summed E-state index contributed by atoms with van der Waals surface area (Å²) in [7, 11) is 1.57. The minimum atomic E-state index is -0.248. The van der Waals surface area contributed by atoms with E-state index in [1.807, 2.05) is 26.0 Å². The van der Waals surface area contributed by atoms with Gasteiger partial charge >= 0.3 is 0 Å². The molecule has 0 aliphatic carbocycles. The molecule has 8 nitrogen and oxygen atoms in total. The molecule has 2 aliphatic rings. The maximum absolute atomic E-state index is 13.3. The van der Waals surface area contributed by atoms with Crippen molar-refractivity contribution in [3.8, 4) is 0 Å². The highest BCUT2D eigenvalue weighted by atomic mass is 16.5. The monoisotopic (exact) mass is 416 g/mol. The Labute approximate surface area is 178 Å². The Hall–Kier alpha value is -2.61. The van der Waals surface area contributed by atoms with Gasteiger partial charge in [0.15, 0.2) is 0 Å². The zero-order valence-corrected chi connectivity index (χ0v) is 18.1. The molecule has 2 heterocycles. The van der Waals surface area contributed by atoms with Crippen LogP contribution in [0, 0.1) is 0 Å². The van der Waals surface area contributed by atoms with Gasteiger partial charge in [-0.2, -0.15) is 0 Å². The molecule has 164 valence electrons. The first-order chi connectivity index (χ1) is 14.5. The lowest BCUT2D eigenvalue weighted by molar-refractivity contribution is -0.125. The minimum absolute atomic E-state index is 0.0667. The Balaban J connectivity index is 1.94. The molecule has 1 N–H and O–H groups in total. The van der Waals surface area contributed by atoms with E-state index in [1.165, 1.54) is 0 Å². The number of hydrogen-bond donors (Lipinski definition) is 1. The number of carbonyl (C=O) groups excluding carboxylic acids is 3. The Morgan fingerprint density at radius 3 is 2.67 bits per heavy atom. The Kier molecular flexibility index (Phi) is 7.31. The number of fused-ring (bicyclic) bond motifs is 3. The summed E-state index contributed by atoms with van der Waals surface area (Å²) >= 11 is 0. The topological polar surface area (TPSA) is 82.2 Å². The van der Waals surface area contributed by atoms with Crippen LogP contribution in [-0.2, 0) is 14.3 Å². The zero-order chi connectivity index (χ0) is 21.7. The Bertz CT molecular complexity index is 793. The molecule has 0 aromatic heterocycles. The molecular weight excluding hydrogens is 384 g/mol. The fourth-order valence-corrected chi connectivity index (χ4v) is 4.24. The second kappa shape index (κ2) is 9.93. The van der Waals surface area contributed by atoms with E-state index in [9.17, 15) is 14.4 Å². The third-order valence-electron chi connectivity index (χ3n) is 5.86. The average Bonchev–Trinajstić information content (AvgIpc) is 2.77. The molecule has 0 saturated carbocycles. The van der Waals surface area contributed by atoms with Gasteiger partial charge in [-0.1, -0.05) is 0 Å². The molecule has 1 atom stereocenters. The van der Waals surface area contributed by atoms with E-state index in [4.69, 9.17) is 4.74 Å². The maximum Gasteiger partial charge on any atom is 0.253 e. The molecule has 0 radical (unpaired) electrons. The molecule has 1 unspecified atom stereocenters. The number of hydrogen-bond acceptors (Lipinski definition) is 5. The molecule has 3 amide bonds. The van der Waals surface area contributed by atoms with E-state index in [0.29, 0.717) is 37.5 Å². The van der Waals surface area contributed by atoms with Gasteiger partial charge in [-0.15, -0.1) is 0 Å². The first-order valence-corrected chi connectivity index (χ1v) is 10.8. The highest BCUT2D eigenvalue weighted by molar-refractivity contribution is 6.09. The van der Waals surface area contributed by atoms with E-state index in [2.05, 4.69) is 10.2 Å². The molecule has 1 aromatic rings. The van der Waals surface area contributed by atoms with Crippen molar-refractivity contribution in [1.29, 1.82) is 0 Å². The fraction of sp³-hybridized carbons (Fsp3) is 0.591. The van der Waals surface area contributed by atoms with Crippen molar-refractivity contribution in [2.45, 2.75) is 39.2 Å². The van der Waals surface area contributed by atoms with Gasteiger partial charge < -0.3 is 19.9 Å². The van der Waals surface area contributed by atoms with Crippen molar-refractivity contribution in [3.05, 3.63) is 23.8 Å². The smallest absolute Gasteiger partial charge is 0.253 e. The lowest BCUT2D eigenvalue weighted by atomic mass is 9.95. The van der Waals surface area contributed by atoms with E-state index in [0.717, 1.165) is 31.5 Å². The highest BCUT2D eigenvalue weighted by Gasteiger charge is 2.40. The number of anilines is 2. The van der Waals surface area contributed by atoms with E-state index in [-0.39, 0.29) is 30.3 Å². The van der Waals surface area contributed by atoms with E-state index in [1.54, 1.807) is 23.0 Å². The molecule has 3 rings (SSSR count). The molecule has 0 bridgehead atoms. The first-order valence-electron chi connectivity index (χ1n) is 10.8. The van der Waals surface area contributed by atoms with Crippen LogP contribution in [0.3, 0.4) is 0 Å². The summed E-state index contributed by atoms with van der Waals surface area (Å²) in [6.45, 7) is 6.66. The van der Waals surface area contributed by atoms with Crippen LogP contribution in [0.25, 0.3) is 0 Å². The Morgan fingerprint density at radius 1 is 1.20 bits per heavy atom. The van der Waals surface area contributed by atoms with Crippen molar-refractivity contribution in [3.63, 3.8) is 0 Å². The minimum Gasteiger partial charge on any atom is -0.383 e. The number of piperidine rings is 1. The van der Waals surface area contributed by atoms with Gasteiger partial charge in [0.2, 0.25) is 11.8 Å². The predicted octanol–water partition coefficient (Wildman–Crippen LogP) is 1.64. The van der Waals surface area contributed by atoms with Gasteiger partial charge in [0.05, 0.1) is 18.0 Å². The van der Waals surface area contributed by atoms with Crippen molar-refractivity contribution in [2.24, 2.45) is 0 Å². The van der Waals surface area contributed by atoms with Crippen molar-refractivity contribution < 1.29 is 19.1 Å². The molecule has 1 aromatic carbocycles. The summed E-state index contributed by atoms with van der Waals surface area (Å²) in [6.07, 6.45) is 2.80. The number of amides is 3. The molecule has 8 heteroatoms. The molecule has 1 saturated heterocycles. The Morgan fingerprint density at radius 2 is 1.97 bits per heavy atom. The van der Waals surface area contributed by atoms with Gasteiger partial charge in [0.1, 0.15) is 12.6 Å². The molecule has 0 spiro atoms. The second-order valence-electron chi connectivity index (χ2n) is 7.65. The maximum atomic E-state index is 13.3. The number of nitrogens with zero attached hydrogens (tertiary/aromatic N) is 3. The number of nitrogens with one attached hydrogen (secondary N) is 1. The highest BCUT2D eigenvalue weighted by Crippen LogP contribution is 2.40. The third kappa shape index (κ3) is 4.43. The average molecular weight is 417 g/mol. The van der Waals surface area contributed by atoms with Crippen molar-refractivity contribution >= 4 is 29.1 Å². The predicted molar refractivity (Wildman–Crippen MR) is 116 cm³/mol. The molecule has 2 aliphatic heterocycles. The van der Waals surface area contributed by atoms with Crippen LogP contribution in [0.4, 0.5) is 11.4 Å². The van der Waals surface area contributed by atoms with Crippen LogP contribution in [0.5, 0.6) is 0 Å². The van der Waals surface area contributed by atoms with Gasteiger partial charge in [-0.05, 0) is 51.3 Å². The first kappa shape index (κ1) is 22.1. The summed E-state index contributed by atoms with van der Waals surface area (Å²) in [4.78, 5) is 44.1. The molecule has 1 fully saturated rings. The summed E-state index contributed by atoms with van der Waals surface area (Å²) in [5, 5.41) is 2.78. The SMILES string of the molecule is CCN(CC)C(=O)c1ccc2c(c1)N(CC(=O)NCCOC)C(=O)C1CCCCN21. The fourth-order valence-electron chi connectivity index (χ4n) is 4.24. The van der Waals surface area contributed by atoms with Crippen molar-refractivity contribution in [1.82, 2.24) is 10.2 Å². The number of benzene rings is 1. The van der Waals surface area contributed by atoms with Gasteiger partial charge in [0, 0.05) is 38.9 Å². The summed E-state index contributed by atoms with van der Waals surface area (Å²) in [5.74, 6) is -0.381. The molecule has 30 heavy (non-hydrogen) atoms. The number of rotatable bonds is 8. The summed E-state index contributed by atoms with van der Waals surface area (Å²) < 4.78 is 4.97. The number of methoxy groups -OCH3 is 1. The van der Waals surface area contributed by atoms with Gasteiger partial charge in [-0.25, -0.2) is 0 Å². The van der Waals surface area contributed by atoms with Crippen molar-refractivity contribution in [2.75, 3.05) is 56.2 Å². The standard InChI is InChI=1S/C22H32N4O4/c1-4-24(5-2)21(28)16-9-10-17-19(14-16)26(15-20(27)23-11-13-30-3)22(29)18-8-6-7-12-25(17)18/h9-10,14,18H,4-8,11-13,15H2,1-3H3,(H,23,27). The van der Waals surface area contributed by atoms with Gasteiger partial charge in [-0.3, -0.25) is 19.3 Å². The zero-order valence-electron chi connectivity index (χ0n) is 18.1. The van der Waals surface area contributed by atoms with E-state index >= 15 is 0 Å². The lowest BCUT2D eigenvalue weighted by Gasteiger charge is -2.45.